The van der Waals surface area contributed by atoms with E-state index in [0.29, 0.717) is 11.9 Å². The minimum atomic E-state index is 0.123. The number of carbonyl (C=O) groups is 1. The molecule has 1 atom stereocenters. The first-order valence-electron chi connectivity index (χ1n) is 6.52. The first kappa shape index (κ1) is 13.3. The lowest BCUT2D eigenvalue weighted by atomic mass is 10.1. The van der Waals surface area contributed by atoms with E-state index in [9.17, 15) is 4.79 Å². The molecule has 1 aliphatic rings. The van der Waals surface area contributed by atoms with Crippen LogP contribution < -0.4 is 0 Å². The monoisotopic (exact) mass is 266 g/mol. The van der Waals surface area contributed by atoms with E-state index in [4.69, 9.17) is 11.6 Å². The second-order valence-corrected chi connectivity index (χ2v) is 5.14. The van der Waals surface area contributed by atoms with Crippen LogP contribution in [0.3, 0.4) is 0 Å². The molecule has 0 bridgehead atoms. The molecule has 0 saturated carbocycles. The van der Waals surface area contributed by atoms with Crippen molar-refractivity contribution in [2.75, 3.05) is 12.4 Å². The van der Waals surface area contributed by atoms with Gasteiger partial charge in [0.25, 0.3) is 5.91 Å². The normalized spacial score (nSPS) is 19.2. The van der Waals surface area contributed by atoms with Crippen LogP contribution >= 0.6 is 11.6 Å². The standard InChI is InChI=1S/C14H19ClN2O/c1-11-13(7-3-9-16-11)14(18)17-10-4-6-12(17)5-2-8-15/h3,7,9,12H,2,4-6,8,10H2,1H3. The maximum absolute atomic E-state index is 12.5. The van der Waals surface area contributed by atoms with Gasteiger partial charge in [0.1, 0.15) is 0 Å². The number of halogens is 1. The molecule has 2 heterocycles. The zero-order valence-electron chi connectivity index (χ0n) is 10.7. The highest BCUT2D eigenvalue weighted by Gasteiger charge is 2.29. The van der Waals surface area contributed by atoms with Gasteiger partial charge in [0.05, 0.1) is 5.56 Å². The van der Waals surface area contributed by atoms with E-state index in [2.05, 4.69) is 4.98 Å². The number of rotatable bonds is 4. The third-order valence-electron chi connectivity index (χ3n) is 3.55. The van der Waals surface area contributed by atoms with Crippen LogP contribution in [-0.2, 0) is 0 Å². The lowest BCUT2D eigenvalue weighted by molar-refractivity contribution is 0.0729. The van der Waals surface area contributed by atoms with Crippen LogP contribution in [-0.4, -0.2) is 34.3 Å². The number of alkyl halides is 1. The molecular weight excluding hydrogens is 248 g/mol. The van der Waals surface area contributed by atoms with Crippen LogP contribution in [0.4, 0.5) is 0 Å². The van der Waals surface area contributed by atoms with Crippen LogP contribution in [0.2, 0.25) is 0 Å². The van der Waals surface area contributed by atoms with E-state index < -0.39 is 0 Å². The summed E-state index contributed by atoms with van der Waals surface area (Å²) in [6, 6.07) is 4.04. The molecule has 1 aliphatic heterocycles. The molecule has 0 radical (unpaired) electrons. The molecule has 0 spiro atoms. The summed E-state index contributed by atoms with van der Waals surface area (Å²) >= 11 is 5.74. The fourth-order valence-corrected chi connectivity index (χ4v) is 2.74. The van der Waals surface area contributed by atoms with Crippen molar-refractivity contribution in [3.05, 3.63) is 29.6 Å². The van der Waals surface area contributed by atoms with Crippen LogP contribution in [0.25, 0.3) is 0 Å². The number of likely N-dealkylation sites (tertiary alicyclic amines) is 1. The third-order valence-corrected chi connectivity index (χ3v) is 3.81. The quantitative estimate of drug-likeness (QED) is 0.785. The van der Waals surface area contributed by atoms with Gasteiger partial charge in [0.15, 0.2) is 0 Å². The van der Waals surface area contributed by atoms with Crippen LogP contribution in [0.5, 0.6) is 0 Å². The zero-order valence-corrected chi connectivity index (χ0v) is 11.5. The zero-order chi connectivity index (χ0) is 13.0. The molecule has 1 aromatic rings. The van der Waals surface area contributed by atoms with Crippen molar-refractivity contribution in [2.24, 2.45) is 0 Å². The van der Waals surface area contributed by atoms with Crippen molar-refractivity contribution >= 4 is 17.5 Å². The third kappa shape index (κ3) is 2.83. The predicted molar refractivity (Wildman–Crippen MR) is 73.0 cm³/mol. The summed E-state index contributed by atoms with van der Waals surface area (Å²) in [6.45, 7) is 2.75. The topological polar surface area (TPSA) is 33.2 Å². The molecular formula is C14H19ClN2O. The second-order valence-electron chi connectivity index (χ2n) is 4.76. The van der Waals surface area contributed by atoms with Crippen LogP contribution in [0.15, 0.2) is 18.3 Å². The SMILES string of the molecule is Cc1ncccc1C(=O)N1CCCC1CCCCl. The van der Waals surface area contributed by atoms with Crippen molar-refractivity contribution in [1.82, 2.24) is 9.88 Å². The number of nitrogens with zero attached hydrogens (tertiary/aromatic N) is 2. The number of pyridine rings is 1. The summed E-state index contributed by atoms with van der Waals surface area (Å²) < 4.78 is 0. The Morgan fingerprint density at radius 2 is 2.44 bits per heavy atom. The average molecular weight is 267 g/mol. The Morgan fingerprint density at radius 1 is 1.61 bits per heavy atom. The van der Waals surface area contributed by atoms with Crippen LogP contribution in [0, 0.1) is 6.92 Å². The van der Waals surface area contributed by atoms with E-state index >= 15 is 0 Å². The number of aryl methyl sites for hydroxylation is 1. The van der Waals surface area contributed by atoms with Crippen molar-refractivity contribution in [3.8, 4) is 0 Å². The first-order valence-corrected chi connectivity index (χ1v) is 7.06. The summed E-state index contributed by atoms with van der Waals surface area (Å²) in [4.78, 5) is 18.7. The highest BCUT2D eigenvalue weighted by Crippen LogP contribution is 2.24. The highest BCUT2D eigenvalue weighted by molar-refractivity contribution is 6.17. The molecule has 1 amide bonds. The summed E-state index contributed by atoms with van der Waals surface area (Å²) in [5.41, 5.74) is 1.54. The largest absolute Gasteiger partial charge is 0.336 e. The average Bonchev–Trinajstić information content (AvgIpc) is 2.84. The first-order chi connectivity index (χ1) is 8.74. The molecule has 4 heteroatoms. The van der Waals surface area contributed by atoms with Gasteiger partial charge < -0.3 is 4.90 Å². The Morgan fingerprint density at radius 3 is 3.17 bits per heavy atom. The second kappa shape index (κ2) is 6.19. The Balaban J connectivity index is 2.10. The summed E-state index contributed by atoms with van der Waals surface area (Å²) in [5.74, 6) is 0.794. The predicted octanol–water partition coefficient (Wildman–Crippen LogP) is 3.01. The van der Waals surface area contributed by atoms with Gasteiger partial charge >= 0.3 is 0 Å². The Bertz CT molecular complexity index is 422. The van der Waals surface area contributed by atoms with Crippen molar-refractivity contribution in [3.63, 3.8) is 0 Å². The molecule has 18 heavy (non-hydrogen) atoms. The smallest absolute Gasteiger partial charge is 0.255 e. The van der Waals surface area contributed by atoms with Gasteiger partial charge in [-0.1, -0.05) is 0 Å². The molecule has 1 unspecified atom stereocenters. The number of hydrogen-bond acceptors (Lipinski definition) is 2. The van der Waals surface area contributed by atoms with Crippen LogP contribution in [0.1, 0.15) is 41.7 Å². The van der Waals surface area contributed by atoms with Gasteiger partial charge in [0.2, 0.25) is 0 Å². The minimum Gasteiger partial charge on any atom is -0.336 e. The Hall–Kier alpha value is -1.09. The van der Waals surface area contributed by atoms with Gasteiger partial charge in [0, 0.05) is 30.4 Å². The van der Waals surface area contributed by atoms with Crippen molar-refractivity contribution in [2.45, 2.75) is 38.6 Å². The number of aromatic nitrogens is 1. The van der Waals surface area contributed by atoms with E-state index in [1.165, 1.54) is 0 Å². The molecule has 2 rings (SSSR count). The summed E-state index contributed by atoms with van der Waals surface area (Å²) in [5, 5.41) is 0. The fraction of sp³-hybridized carbons (Fsp3) is 0.571. The highest BCUT2D eigenvalue weighted by atomic mass is 35.5. The fourth-order valence-electron chi connectivity index (χ4n) is 2.58. The van der Waals surface area contributed by atoms with E-state index in [-0.39, 0.29) is 5.91 Å². The van der Waals surface area contributed by atoms with Crippen molar-refractivity contribution in [1.29, 1.82) is 0 Å². The minimum absolute atomic E-state index is 0.123. The van der Waals surface area contributed by atoms with Crippen molar-refractivity contribution < 1.29 is 4.79 Å². The number of hydrogen-bond donors (Lipinski definition) is 0. The Kier molecular flexibility index (Phi) is 4.59. The number of carbonyl (C=O) groups excluding carboxylic acids is 1. The molecule has 0 aromatic carbocycles. The summed E-state index contributed by atoms with van der Waals surface area (Å²) in [6.07, 6.45) is 5.90. The van der Waals surface area contributed by atoms with Gasteiger partial charge in [-0.15, -0.1) is 11.6 Å². The molecule has 98 valence electrons. The van der Waals surface area contributed by atoms with E-state index in [0.717, 1.165) is 43.5 Å². The summed E-state index contributed by atoms with van der Waals surface area (Å²) in [7, 11) is 0. The molecule has 1 fully saturated rings. The molecule has 0 aliphatic carbocycles. The Labute approximate surface area is 113 Å². The van der Waals surface area contributed by atoms with Gasteiger partial charge in [-0.3, -0.25) is 9.78 Å². The van der Waals surface area contributed by atoms with Gasteiger partial charge in [-0.05, 0) is 44.7 Å². The molecule has 0 N–H and O–H groups in total. The lowest BCUT2D eigenvalue weighted by Gasteiger charge is -2.25. The molecule has 3 nitrogen and oxygen atoms in total. The maximum Gasteiger partial charge on any atom is 0.255 e. The maximum atomic E-state index is 12.5. The van der Waals surface area contributed by atoms with E-state index in [1.54, 1.807) is 6.20 Å². The lowest BCUT2D eigenvalue weighted by Crippen LogP contribution is -2.36. The number of amides is 1. The molecule has 1 saturated heterocycles. The van der Waals surface area contributed by atoms with Gasteiger partial charge in [-0.25, -0.2) is 0 Å². The molecule has 1 aromatic heterocycles. The van der Waals surface area contributed by atoms with Gasteiger partial charge in [-0.2, -0.15) is 0 Å². The van der Waals surface area contributed by atoms with E-state index in [1.807, 2.05) is 24.0 Å².